The van der Waals surface area contributed by atoms with Crippen molar-refractivity contribution in [3.8, 4) is 0 Å². The molecule has 1 heterocycles. The SMILES string of the molecule is CCC1CN(c2ccc(C(N)=S)c(F)c2F)CCN1C. The summed E-state index contributed by atoms with van der Waals surface area (Å²) < 4.78 is 28.1. The van der Waals surface area contributed by atoms with Crippen molar-refractivity contribution in [1.29, 1.82) is 0 Å². The van der Waals surface area contributed by atoms with Crippen LogP contribution < -0.4 is 10.6 Å². The van der Waals surface area contributed by atoms with E-state index in [0.29, 0.717) is 19.1 Å². The molecule has 1 aromatic carbocycles. The number of halogens is 2. The minimum atomic E-state index is -0.957. The van der Waals surface area contributed by atoms with E-state index in [-0.39, 0.29) is 16.2 Å². The lowest BCUT2D eigenvalue weighted by Crippen LogP contribution is -2.51. The van der Waals surface area contributed by atoms with Gasteiger partial charge < -0.3 is 10.6 Å². The van der Waals surface area contributed by atoms with Gasteiger partial charge in [-0.25, -0.2) is 8.78 Å². The summed E-state index contributed by atoms with van der Waals surface area (Å²) in [5.74, 6) is -1.82. The van der Waals surface area contributed by atoms with Crippen LogP contribution in [0, 0.1) is 11.6 Å². The van der Waals surface area contributed by atoms with Gasteiger partial charge in [0.1, 0.15) is 4.99 Å². The first-order chi connectivity index (χ1) is 9.45. The third-order valence-electron chi connectivity index (χ3n) is 3.92. The van der Waals surface area contributed by atoms with Gasteiger partial charge in [-0.05, 0) is 25.6 Å². The largest absolute Gasteiger partial charge is 0.389 e. The number of thiocarbonyl (C=S) groups is 1. The van der Waals surface area contributed by atoms with E-state index in [4.69, 9.17) is 18.0 Å². The van der Waals surface area contributed by atoms with E-state index >= 15 is 0 Å². The maximum atomic E-state index is 14.2. The van der Waals surface area contributed by atoms with Crippen molar-refractivity contribution in [1.82, 2.24) is 4.90 Å². The molecule has 20 heavy (non-hydrogen) atoms. The molecule has 3 nitrogen and oxygen atoms in total. The average Bonchev–Trinajstić information content (AvgIpc) is 2.42. The molecule has 110 valence electrons. The number of anilines is 1. The van der Waals surface area contributed by atoms with Gasteiger partial charge in [-0.1, -0.05) is 19.1 Å². The highest BCUT2D eigenvalue weighted by molar-refractivity contribution is 7.80. The van der Waals surface area contributed by atoms with E-state index in [9.17, 15) is 8.78 Å². The molecule has 0 amide bonds. The third-order valence-corrected chi connectivity index (χ3v) is 4.14. The number of hydrogen-bond donors (Lipinski definition) is 1. The fourth-order valence-electron chi connectivity index (χ4n) is 2.58. The Kier molecular flexibility index (Phi) is 4.55. The molecular weight excluding hydrogens is 280 g/mol. The minimum Gasteiger partial charge on any atom is -0.389 e. The second-order valence-corrected chi connectivity index (χ2v) is 5.55. The summed E-state index contributed by atoms with van der Waals surface area (Å²) in [6, 6.07) is 3.36. The van der Waals surface area contributed by atoms with Crippen LogP contribution in [0.1, 0.15) is 18.9 Å². The lowest BCUT2D eigenvalue weighted by molar-refractivity contribution is 0.212. The van der Waals surface area contributed by atoms with E-state index in [1.165, 1.54) is 6.07 Å². The number of benzene rings is 1. The minimum absolute atomic E-state index is 0.0394. The Morgan fingerprint density at radius 3 is 2.65 bits per heavy atom. The van der Waals surface area contributed by atoms with Crippen molar-refractivity contribution in [3.63, 3.8) is 0 Å². The van der Waals surface area contributed by atoms with E-state index in [2.05, 4.69) is 18.9 Å². The molecule has 6 heteroatoms. The van der Waals surface area contributed by atoms with Gasteiger partial charge in [-0.15, -0.1) is 0 Å². The van der Waals surface area contributed by atoms with Crippen molar-refractivity contribution in [2.75, 3.05) is 31.6 Å². The van der Waals surface area contributed by atoms with Crippen LogP contribution >= 0.6 is 12.2 Å². The maximum Gasteiger partial charge on any atom is 0.182 e. The molecule has 1 fully saturated rings. The number of nitrogens with zero attached hydrogens (tertiary/aromatic N) is 2. The predicted octanol–water partition coefficient (Wildman–Crippen LogP) is 2.13. The second kappa shape index (κ2) is 6.01. The fraction of sp³-hybridized carbons (Fsp3) is 0.500. The molecule has 0 saturated carbocycles. The van der Waals surface area contributed by atoms with E-state index in [0.717, 1.165) is 13.0 Å². The molecule has 1 aliphatic heterocycles. The molecule has 2 N–H and O–H groups in total. The zero-order valence-corrected chi connectivity index (χ0v) is 12.5. The summed E-state index contributed by atoms with van der Waals surface area (Å²) in [6.45, 7) is 4.29. The van der Waals surface area contributed by atoms with E-state index in [1.54, 1.807) is 6.07 Å². The van der Waals surface area contributed by atoms with Crippen LogP contribution in [-0.2, 0) is 0 Å². The quantitative estimate of drug-likeness (QED) is 0.867. The van der Waals surface area contributed by atoms with Crippen LogP contribution in [0.4, 0.5) is 14.5 Å². The molecular formula is C14H19F2N3S. The summed E-state index contributed by atoms with van der Waals surface area (Å²) in [4.78, 5) is 4.00. The summed E-state index contributed by atoms with van der Waals surface area (Å²) in [7, 11) is 2.05. The summed E-state index contributed by atoms with van der Waals surface area (Å²) in [5.41, 5.74) is 5.63. The lowest BCUT2D eigenvalue weighted by atomic mass is 10.1. The van der Waals surface area contributed by atoms with Gasteiger partial charge in [0.05, 0.1) is 5.69 Å². The highest BCUT2D eigenvalue weighted by atomic mass is 32.1. The molecule has 0 bridgehead atoms. The Labute approximate surface area is 123 Å². The van der Waals surface area contributed by atoms with Gasteiger partial charge in [0.25, 0.3) is 0 Å². The zero-order chi connectivity index (χ0) is 14.9. The van der Waals surface area contributed by atoms with Crippen molar-refractivity contribution >= 4 is 22.9 Å². The van der Waals surface area contributed by atoms with Crippen LogP contribution in [-0.4, -0.2) is 42.6 Å². The van der Waals surface area contributed by atoms with Crippen LogP contribution in [0.15, 0.2) is 12.1 Å². The number of piperazine rings is 1. The summed E-state index contributed by atoms with van der Waals surface area (Å²) in [6.07, 6.45) is 0.974. The molecule has 0 aliphatic carbocycles. The second-order valence-electron chi connectivity index (χ2n) is 5.11. The predicted molar refractivity (Wildman–Crippen MR) is 81.2 cm³/mol. The molecule has 0 spiro atoms. The van der Waals surface area contributed by atoms with Gasteiger partial charge >= 0.3 is 0 Å². The molecule has 1 unspecified atom stereocenters. The first-order valence-electron chi connectivity index (χ1n) is 6.68. The van der Waals surface area contributed by atoms with Crippen molar-refractivity contribution < 1.29 is 8.78 Å². The third kappa shape index (κ3) is 2.76. The number of nitrogens with two attached hydrogens (primary N) is 1. The Hall–Kier alpha value is -1.27. The highest BCUT2D eigenvalue weighted by Crippen LogP contribution is 2.26. The van der Waals surface area contributed by atoms with Crippen molar-refractivity contribution in [2.24, 2.45) is 5.73 Å². The molecule has 2 rings (SSSR count). The fourth-order valence-corrected chi connectivity index (χ4v) is 2.74. The number of likely N-dealkylation sites (N-methyl/N-ethyl adjacent to an activating group) is 1. The van der Waals surface area contributed by atoms with Crippen molar-refractivity contribution in [2.45, 2.75) is 19.4 Å². The van der Waals surface area contributed by atoms with Crippen molar-refractivity contribution in [3.05, 3.63) is 29.3 Å². The highest BCUT2D eigenvalue weighted by Gasteiger charge is 2.26. The Morgan fingerprint density at radius 2 is 2.05 bits per heavy atom. The van der Waals surface area contributed by atoms with Gasteiger partial charge in [0, 0.05) is 31.2 Å². The Balaban J connectivity index is 2.30. The molecule has 1 aromatic rings. The smallest absolute Gasteiger partial charge is 0.182 e. The first-order valence-corrected chi connectivity index (χ1v) is 7.09. The van der Waals surface area contributed by atoms with Gasteiger partial charge in [-0.3, -0.25) is 4.90 Å². The van der Waals surface area contributed by atoms with Gasteiger partial charge in [-0.2, -0.15) is 0 Å². The van der Waals surface area contributed by atoms with E-state index in [1.807, 2.05) is 4.90 Å². The first kappa shape index (κ1) is 15.1. The monoisotopic (exact) mass is 299 g/mol. The average molecular weight is 299 g/mol. The van der Waals surface area contributed by atoms with Gasteiger partial charge in [0.2, 0.25) is 0 Å². The van der Waals surface area contributed by atoms with Crippen LogP contribution in [0.3, 0.4) is 0 Å². The molecule has 1 atom stereocenters. The Morgan fingerprint density at radius 1 is 1.35 bits per heavy atom. The molecule has 0 radical (unpaired) electrons. The molecule has 1 aliphatic rings. The van der Waals surface area contributed by atoms with Crippen LogP contribution in [0.5, 0.6) is 0 Å². The normalized spacial score (nSPS) is 20.2. The standard InChI is InChI=1S/C14H19F2N3S/c1-3-9-8-19(7-6-18(9)2)11-5-4-10(14(17)20)12(15)13(11)16/h4-5,9H,3,6-8H2,1-2H3,(H2,17,20). The number of hydrogen-bond acceptors (Lipinski definition) is 3. The summed E-state index contributed by atoms with van der Waals surface area (Å²) >= 11 is 4.71. The van der Waals surface area contributed by atoms with Crippen LogP contribution in [0.25, 0.3) is 0 Å². The van der Waals surface area contributed by atoms with E-state index < -0.39 is 11.6 Å². The van der Waals surface area contributed by atoms with Crippen LogP contribution in [0.2, 0.25) is 0 Å². The van der Waals surface area contributed by atoms with Gasteiger partial charge in [0.15, 0.2) is 11.6 Å². The number of rotatable bonds is 3. The maximum absolute atomic E-state index is 14.2. The lowest BCUT2D eigenvalue weighted by Gasteiger charge is -2.40. The summed E-state index contributed by atoms with van der Waals surface area (Å²) in [5, 5.41) is 0. The Bertz CT molecular complexity index is 521. The molecule has 0 aromatic heterocycles. The zero-order valence-electron chi connectivity index (χ0n) is 11.7. The topological polar surface area (TPSA) is 32.5 Å². The molecule has 1 saturated heterocycles.